The summed E-state index contributed by atoms with van der Waals surface area (Å²) in [6.07, 6.45) is 0. The van der Waals surface area contributed by atoms with Crippen LogP contribution in [0.1, 0.15) is 32.0 Å². The Morgan fingerprint density at radius 1 is 1.29 bits per heavy atom. The lowest BCUT2D eigenvalue weighted by atomic mass is 10.2. The lowest BCUT2D eigenvalue weighted by Gasteiger charge is -2.13. The molecule has 1 unspecified atom stereocenters. The van der Waals surface area contributed by atoms with E-state index in [1.165, 1.54) is 0 Å². The first kappa shape index (κ1) is 12.7. The van der Waals surface area contributed by atoms with E-state index in [1.54, 1.807) is 0 Å². The van der Waals surface area contributed by atoms with Crippen molar-refractivity contribution in [2.45, 2.75) is 32.7 Å². The molecule has 2 aromatic rings. The normalized spacial score (nSPS) is 13.5. The fourth-order valence-electron chi connectivity index (χ4n) is 2.01. The van der Waals surface area contributed by atoms with Crippen LogP contribution in [0.3, 0.4) is 0 Å². The van der Waals surface area contributed by atoms with Crippen LogP contribution in [-0.4, -0.2) is 9.55 Å². The van der Waals surface area contributed by atoms with E-state index < -0.39 is 0 Å². The van der Waals surface area contributed by atoms with Crippen molar-refractivity contribution >= 4 is 34.2 Å². The lowest BCUT2D eigenvalue weighted by molar-refractivity contribution is 0.517. The molecule has 1 aromatic heterocycles. The van der Waals surface area contributed by atoms with Crippen LogP contribution in [0, 0.1) is 5.92 Å². The number of para-hydroxylation sites is 1. The number of nitrogens with zero attached hydrogens (tertiary/aromatic N) is 2. The molecular weight excluding hydrogens is 255 g/mol. The molecule has 0 bridgehead atoms. The van der Waals surface area contributed by atoms with Gasteiger partial charge in [0.1, 0.15) is 5.82 Å². The largest absolute Gasteiger partial charge is 0.325 e. The number of fused-ring (bicyclic) bond motifs is 1. The Morgan fingerprint density at radius 3 is 2.59 bits per heavy atom. The molecule has 0 spiro atoms. The molecule has 2 rings (SSSR count). The molecular formula is C13H16Cl2N2. The predicted octanol–water partition coefficient (Wildman–Crippen LogP) is 4.65. The van der Waals surface area contributed by atoms with Crippen molar-refractivity contribution in [2.75, 3.05) is 0 Å². The fourth-order valence-corrected chi connectivity index (χ4v) is 2.45. The molecule has 1 atom stereocenters. The second-order valence-electron chi connectivity index (χ2n) is 4.70. The third-order valence-electron chi connectivity index (χ3n) is 2.65. The zero-order valence-electron chi connectivity index (χ0n) is 10.2. The maximum atomic E-state index is 6.26. The van der Waals surface area contributed by atoms with Crippen molar-refractivity contribution < 1.29 is 0 Å². The molecule has 1 heterocycles. The van der Waals surface area contributed by atoms with Crippen molar-refractivity contribution in [2.24, 2.45) is 5.92 Å². The number of imidazole rings is 1. The van der Waals surface area contributed by atoms with Crippen LogP contribution < -0.4 is 0 Å². The molecule has 0 saturated carbocycles. The summed E-state index contributed by atoms with van der Waals surface area (Å²) in [5.41, 5.74) is 1.91. The molecule has 1 aromatic carbocycles. The van der Waals surface area contributed by atoms with E-state index in [0.29, 0.717) is 5.92 Å². The van der Waals surface area contributed by atoms with Gasteiger partial charge in [0, 0.05) is 6.54 Å². The summed E-state index contributed by atoms with van der Waals surface area (Å²) in [5, 5.41) is 0.622. The van der Waals surface area contributed by atoms with Crippen molar-refractivity contribution in [3.8, 4) is 0 Å². The number of halogens is 2. The quantitative estimate of drug-likeness (QED) is 0.743. The molecule has 17 heavy (non-hydrogen) atoms. The summed E-state index contributed by atoms with van der Waals surface area (Å²) in [4.78, 5) is 4.57. The van der Waals surface area contributed by atoms with Gasteiger partial charge in [-0.25, -0.2) is 4.98 Å². The van der Waals surface area contributed by atoms with Gasteiger partial charge in [0.05, 0.1) is 21.4 Å². The van der Waals surface area contributed by atoms with Crippen molar-refractivity contribution in [3.63, 3.8) is 0 Å². The van der Waals surface area contributed by atoms with E-state index in [2.05, 4.69) is 23.4 Å². The minimum absolute atomic E-state index is 0.114. The average molecular weight is 271 g/mol. The molecule has 0 amide bonds. The smallest absolute Gasteiger partial charge is 0.127 e. The zero-order valence-corrected chi connectivity index (χ0v) is 11.8. The van der Waals surface area contributed by atoms with Gasteiger partial charge in [0.25, 0.3) is 0 Å². The molecule has 0 aliphatic rings. The minimum atomic E-state index is -0.114. The third-order valence-corrected chi connectivity index (χ3v) is 3.15. The van der Waals surface area contributed by atoms with Gasteiger partial charge in [-0.3, -0.25) is 0 Å². The SMILES string of the molecule is CC(C)Cn1c(C(C)Cl)nc2cccc(Cl)c21. The summed E-state index contributed by atoms with van der Waals surface area (Å²) in [7, 11) is 0. The van der Waals surface area contributed by atoms with Crippen molar-refractivity contribution in [1.29, 1.82) is 0 Å². The van der Waals surface area contributed by atoms with Gasteiger partial charge in [-0.15, -0.1) is 11.6 Å². The fraction of sp³-hybridized carbons (Fsp3) is 0.462. The Kier molecular flexibility index (Phi) is 3.64. The summed E-state index contributed by atoms with van der Waals surface area (Å²) in [6.45, 7) is 7.16. The number of rotatable bonds is 3. The van der Waals surface area contributed by atoms with Crippen LogP contribution >= 0.6 is 23.2 Å². The summed E-state index contributed by atoms with van der Waals surface area (Å²) in [6, 6.07) is 5.78. The molecule has 0 aliphatic heterocycles. The molecule has 4 heteroatoms. The maximum absolute atomic E-state index is 6.26. The lowest BCUT2D eigenvalue weighted by Crippen LogP contribution is -2.09. The van der Waals surface area contributed by atoms with Crippen LogP contribution in [0.5, 0.6) is 0 Å². The van der Waals surface area contributed by atoms with Crippen LogP contribution in [0.2, 0.25) is 5.02 Å². The van der Waals surface area contributed by atoms with Crippen molar-refractivity contribution in [3.05, 3.63) is 29.0 Å². The maximum Gasteiger partial charge on any atom is 0.127 e. The molecule has 0 N–H and O–H groups in total. The Balaban J connectivity index is 2.69. The zero-order chi connectivity index (χ0) is 12.6. The van der Waals surface area contributed by atoms with E-state index in [9.17, 15) is 0 Å². The first-order chi connectivity index (χ1) is 8.00. The molecule has 0 fully saturated rings. The summed E-state index contributed by atoms with van der Waals surface area (Å²) in [5.74, 6) is 1.42. The van der Waals surface area contributed by atoms with Gasteiger partial charge in [-0.1, -0.05) is 31.5 Å². The molecule has 0 aliphatic carbocycles. The van der Waals surface area contributed by atoms with Crippen molar-refractivity contribution in [1.82, 2.24) is 9.55 Å². The van der Waals surface area contributed by atoms with E-state index in [-0.39, 0.29) is 5.38 Å². The van der Waals surface area contributed by atoms with Gasteiger partial charge in [0.15, 0.2) is 0 Å². The van der Waals surface area contributed by atoms with Crippen LogP contribution in [0.25, 0.3) is 11.0 Å². The highest BCUT2D eigenvalue weighted by Gasteiger charge is 2.17. The van der Waals surface area contributed by atoms with E-state index in [0.717, 1.165) is 28.4 Å². The third kappa shape index (κ3) is 2.43. The number of alkyl halides is 1. The van der Waals surface area contributed by atoms with Crippen LogP contribution in [-0.2, 0) is 6.54 Å². The number of aromatic nitrogens is 2. The van der Waals surface area contributed by atoms with E-state index >= 15 is 0 Å². The number of hydrogen-bond donors (Lipinski definition) is 0. The van der Waals surface area contributed by atoms with E-state index in [4.69, 9.17) is 23.2 Å². The molecule has 0 saturated heterocycles. The highest BCUT2D eigenvalue weighted by Crippen LogP contribution is 2.29. The second-order valence-corrected chi connectivity index (χ2v) is 5.76. The topological polar surface area (TPSA) is 17.8 Å². The standard InChI is InChI=1S/C13H16Cl2N2/c1-8(2)7-17-12-10(15)5-4-6-11(12)16-13(17)9(3)14/h4-6,8-9H,7H2,1-3H3. The molecule has 2 nitrogen and oxygen atoms in total. The Bertz CT molecular complexity index is 529. The average Bonchev–Trinajstić information content (AvgIpc) is 2.57. The van der Waals surface area contributed by atoms with Gasteiger partial charge >= 0.3 is 0 Å². The molecule has 0 radical (unpaired) electrons. The van der Waals surface area contributed by atoms with Crippen LogP contribution in [0.15, 0.2) is 18.2 Å². The minimum Gasteiger partial charge on any atom is -0.325 e. The summed E-state index contributed by atoms with van der Waals surface area (Å²) >= 11 is 12.4. The number of benzene rings is 1. The first-order valence-corrected chi connectivity index (χ1v) is 6.61. The van der Waals surface area contributed by atoms with Crippen LogP contribution in [0.4, 0.5) is 0 Å². The van der Waals surface area contributed by atoms with E-state index in [1.807, 2.05) is 25.1 Å². The van der Waals surface area contributed by atoms with Gasteiger partial charge in [-0.2, -0.15) is 0 Å². The highest BCUT2D eigenvalue weighted by molar-refractivity contribution is 6.35. The Labute approximate surface area is 112 Å². The highest BCUT2D eigenvalue weighted by atomic mass is 35.5. The Hall–Kier alpha value is -0.730. The van der Waals surface area contributed by atoms with Gasteiger partial charge in [0.2, 0.25) is 0 Å². The second kappa shape index (κ2) is 4.87. The van der Waals surface area contributed by atoms with Gasteiger partial charge in [-0.05, 0) is 25.0 Å². The van der Waals surface area contributed by atoms with Gasteiger partial charge < -0.3 is 4.57 Å². The number of hydrogen-bond acceptors (Lipinski definition) is 1. The predicted molar refractivity (Wildman–Crippen MR) is 73.8 cm³/mol. The molecule has 92 valence electrons. The first-order valence-electron chi connectivity index (χ1n) is 5.79. The monoisotopic (exact) mass is 270 g/mol. The summed E-state index contributed by atoms with van der Waals surface area (Å²) < 4.78 is 2.14. The Morgan fingerprint density at radius 2 is 2.00 bits per heavy atom.